The Hall–Kier alpha value is -2.62. The second kappa shape index (κ2) is 9.96. The van der Waals surface area contributed by atoms with Gasteiger partial charge in [0.25, 0.3) is 0 Å². The molecule has 0 aromatic carbocycles. The molecule has 0 heterocycles. The number of hydrogen-bond acceptors (Lipinski definition) is 8. The molecule has 1 N–H and O–H groups in total. The predicted molar refractivity (Wildman–Crippen MR) is 148 cm³/mol. The van der Waals surface area contributed by atoms with E-state index in [1.54, 1.807) is 13.8 Å². The van der Waals surface area contributed by atoms with Crippen LogP contribution in [0.1, 0.15) is 65.7 Å². The van der Waals surface area contributed by atoms with Crippen LogP contribution in [0.5, 0.6) is 0 Å². The molecule has 8 nitrogen and oxygen atoms in total. The van der Waals surface area contributed by atoms with Gasteiger partial charge in [-0.05, 0) is 87.3 Å². The van der Waals surface area contributed by atoms with Crippen molar-refractivity contribution in [3.63, 3.8) is 0 Å². The molecule has 0 saturated heterocycles. The zero-order valence-corrected chi connectivity index (χ0v) is 24.7. The van der Waals surface area contributed by atoms with Crippen molar-refractivity contribution in [2.45, 2.75) is 95.4 Å². The molecule has 6 aliphatic rings. The van der Waals surface area contributed by atoms with Gasteiger partial charge in [0, 0.05) is 35.9 Å². The summed E-state index contributed by atoms with van der Waals surface area (Å²) in [4.78, 5) is 43.5. The largest absolute Gasteiger partial charge is 0.509 e. The highest BCUT2D eigenvalue weighted by atomic mass is 19.1. The maximum Gasteiger partial charge on any atom is 0.509 e. The number of halogens is 2. The molecule has 10 heteroatoms. The number of ketones is 1. The summed E-state index contributed by atoms with van der Waals surface area (Å²) in [5.74, 6) is -2.77. The maximum absolute atomic E-state index is 17.6. The van der Waals surface area contributed by atoms with E-state index in [-0.39, 0.29) is 43.5 Å². The lowest BCUT2D eigenvalue weighted by Gasteiger charge is -2.62. The smallest absolute Gasteiger partial charge is 0.457 e. The van der Waals surface area contributed by atoms with Crippen LogP contribution in [0.2, 0.25) is 0 Å². The Labute approximate surface area is 244 Å². The summed E-state index contributed by atoms with van der Waals surface area (Å²) in [6, 6.07) is 0. The fourth-order valence-corrected chi connectivity index (χ4v) is 10.1. The quantitative estimate of drug-likeness (QED) is 0.360. The lowest BCUT2D eigenvalue weighted by atomic mass is 9.44. The Morgan fingerprint density at radius 1 is 1.17 bits per heavy atom. The molecule has 5 saturated carbocycles. The van der Waals surface area contributed by atoms with Crippen LogP contribution in [0.15, 0.2) is 28.8 Å². The van der Waals surface area contributed by atoms with Gasteiger partial charge in [-0.2, -0.15) is 0 Å². The first-order valence-electron chi connectivity index (χ1n) is 15.3. The van der Waals surface area contributed by atoms with Crippen LogP contribution in [-0.2, 0) is 23.8 Å². The normalized spacial score (nSPS) is 48.8. The summed E-state index contributed by atoms with van der Waals surface area (Å²) in [5, 5.41) is 11.7. The third-order valence-electron chi connectivity index (χ3n) is 12.1. The van der Waals surface area contributed by atoms with Crippen molar-refractivity contribution < 1.29 is 42.5 Å². The van der Waals surface area contributed by atoms with E-state index in [4.69, 9.17) is 14.2 Å². The molecule has 12 atom stereocenters. The van der Waals surface area contributed by atoms with Crippen LogP contribution < -0.4 is 0 Å². The first kappa shape index (κ1) is 29.5. The van der Waals surface area contributed by atoms with Crippen LogP contribution >= 0.6 is 0 Å². The maximum atomic E-state index is 17.6. The average molecular weight is 590 g/mol. The number of allylic oxidation sites excluding steroid dienone is 4. The average Bonchev–Trinajstić information content (AvgIpc) is 3.61. The van der Waals surface area contributed by atoms with Crippen molar-refractivity contribution in [3.05, 3.63) is 23.8 Å². The molecule has 2 bridgehead atoms. The minimum atomic E-state index is -2.32. The first-order valence-corrected chi connectivity index (χ1v) is 15.3. The van der Waals surface area contributed by atoms with Gasteiger partial charge >= 0.3 is 12.1 Å². The van der Waals surface area contributed by atoms with E-state index < -0.39 is 70.0 Å². The second-order valence-corrected chi connectivity index (χ2v) is 14.0. The number of carbonyl (C=O) groups is 3. The zero-order chi connectivity index (χ0) is 30.2. The summed E-state index contributed by atoms with van der Waals surface area (Å²) in [6.07, 6.45) is 4.20. The van der Waals surface area contributed by atoms with E-state index in [0.29, 0.717) is 5.92 Å². The number of rotatable bonds is 5. The summed E-state index contributed by atoms with van der Waals surface area (Å²) < 4.78 is 50.9. The van der Waals surface area contributed by atoms with Gasteiger partial charge in [0.2, 0.25) is 5.60 Å². The molecule has 0 aromatic heterocycles. The highest BCUT2D eigenvalue weighted by molar-refractivity contribution is 6.01. The topological polar surface area (TPSA) is 111 Å². The molecule has 0 radical (unpaired) electrons. The number of ether oxygens (including phenoxy) is 3. The van der Waals surface area contributed by atoms with Gasteiger partial charge in [0.15, 0.2) is 11.5 Å². The number of hydrogen-bond donors (Lipinski definition) is 1. The molecule has 6 rings (SSSR count). The first-order chi connectivity index (χ1) is 19.8. The highest BCUT2D eigenvalue weighted by Gasteiger charge is 2.79. The lowest BCUT2D eigenvalue weighted by molar-refractivity contribution is -0.234. The number of carbonyl (C=O) groups excluding carboxylic acids is 3. The number of aliphatic imine (C=N–C) groups is 1. The second-order valence-electron chi connectivity index (χ2n) is 14.0. The molecule has 0 aliphatic heterocycles. The van der Waals surface area contributed by atoms with E-state index >= 15 is 8.78 Å². The SMILES string of the molecule is CN=CCOC(=O)[C@@]1(OC(=O)O[C@H]2C[C@H]3CC[C@@H]2C3)[C@H](C)C[C@H]2[C@@H]3C[C@H](F)C4=CC(=O)C=C[C@]4(C)[C@@]3(F)[C@@H](O)C[C@@]21C. The Morgan fingerprint density at radius 2 is 1.93 bits per heavy atom. The van der Waals surface area contributed by atoms with Gasteiger partial charge in [-0.25, -0.2) is 18.4 Å². The number of fused-ring (bicyclic) bond motifs is 7. The van der Waals surface area contributed by atoms with Crippen LogP contribution in [-0.4, -0.2) is 72.5 Å². The van der Waals surface area contributed by atoms with Crippen molar-refractivity contribution in [2.75, 3.05) is 13.7 Å². The van der Waals surface area contributed by atoms with Gasteiger partial charge in [-0.1, -0.05) is 19.9 Å². The van der Waals surface area contributed by atoms with Crippen LogP contribution in [0.3, 0.4) is 0 Å². The molecule has 230 valence electrons. The third-order valence-corrected chi connectivity index (χ3v) is 12.1. The minimum Gasteiger partial charge on any atom is -0.457 e. The van der Waals surface area contributed by atoms with Crippen molar-refractivity contribution in [1.82, 2.24) is 0 Å². The van der Waals surface area contributed by atoms with Gasteiger partial charge in [-0.3, -0.25) is 9.79 Å². The van der Waals surface area contributed by atoms with Gasteiger partial charge in [0.05, 0.1) is 6.10 Å². The summed E-state index contributed by atoms with van der Waals surface area (Å²) in [5.41, 5.74) is -7.06. The summed E-state index contributed by atoms with van der Waals surface area (Å²) >= 11 is 0. The Balaban J connectivity index is 1.38. The number of nitrogens with zero attached hydrogens (tertiary/aromatic N) is 1. The van der Waals surface area contributed by atoms with E-state index in [2.05, 4.69) is 4.99 Å². The molecule has 0 aromatic rings. The number of esters is 1. The van der Waals surface area contributed by atoms with Crippen molar-refractivity contribution >= 4 is 24.1 Å². The number of aliphatic hydroxyl groups is 1. The van der Waals surface area contributed by atoms with Gasteiger partial charge < -0.3 is 19.3 Å². The van der Waals surface area contributed by atoms with E-state index in [9.17, 15) is 19.5 Å². The highest BCUT2D eigenvalue weighted by Crippen LogP contribution is 2.71. The fourth-order valence-electron chi connectivity index (χ4n) is 10.1. The minimum absolute atomic E-state index is 0.0256. The Kier molecular flexibility index (Phi) is 6.98. The molecule has 0 spiro atoms. The number of aliphatic hydroxyl groups excluding tert-OH is 1. The van der Waals surface area contributed by atoms with E-state index in [1.807, 2.05) is 0 Å². The molecular weight excluding hydrogens is 548 g/mol. The fraction of sp³-hybridized carbons (Fsp3) is 0.750. The van der Waals surface area contributed by atoms with Crippen molar-refractivity contribution in [2.24, 2.45) is 45.4 Å². The predicted octanol–water partition coefficient (Wildman–Crippen LogP) is 4.88. The zero-order valence-electron chi connectivity index (χ0n) is 24.7. The third kappa shape index (κ3) is 3.85. The van der Waals surface area contributed by atoms with Crippen LogP contribution in [0, 0.1) is 40.4 Å². The van der Waals surface area contributed by atoms with Crippen molar-refractivity contribution in [1.29, 1.82) is 0 Å². The molecule has 6 aliphatic carbocycles. The standard InChI is InChI=1S/C32H41F2NO7/c1-17-11-21-22-15-24(33)23-14-20(36)7-8-29(23,2)31(22,34)26(37)16-30(21,3)32(17,27(38)40-10-9-35-4)42-28(39)41-25-13-18-5-6-19(25)12-18/h7-9,14,17-19,21-22,24-26,37H,5-6,10-13,15-16H2,1-4H3/t17-,18+,19-,21+,22+,24+,25+,26+,29+,30+,31+,32+/m1/s1. The van der Waals surface area contributed by atoms with Crippen molar-refractivity contribution in [3.8, 4) is 0 Å². The number of alkyl halides is 2. The molecule has 5 fully saturated rings. The Morgan fingerprint density at radius 3 is 2.60 bits per heavy atom. The molecule has 42 heavy (non-hydrogen) atoms. The van der Waals surface area contributed by atoms with Crippen LogP contribution in [0.25, 0.3) is 0 Å². The van der Waals surface area contributed by atoms with Gasteiger partial charge in [-0.15, -0.1) is 0 Å². The summed E-state index contributed by atoms with van der Waals surface area (Å²) in [7, 11) is 1.54. The van der Waals surface area contributed by atoms with E-state index in [0.717, 1.165) is 31.8 Å². The summed E-state index contributed by atoms with van der Waals surface area (Å²) in [6.45, 7) is 4.83. The molecule has 0 amide bonds. The molecular formula is C32H41F2NO7. The van der Waals surface area contributed by atoms with Gasteiger partial charge in [0.1, 0.15) is 18.9 Å². The lowest BCUT2D eigenvalue weighted by Crippen LogP contribution is -2.71. The van der Waals surface area contributed by atoms with Crippen LogP contribution in [0.4, 0.5) is 13.6 Å². The molecule has 0 unspecified atom stereocenters. The monoisotopic (exact) mass is 589 g/mol. The Bertz CT molecular complexity index is 1270. The van der Waals surface area contributed by atoms with E-state index in [1.165, 1.54) is 32.3 Å².